The van der Waals surface area contributed by atoms with Crippen LogP contribution in [0.25, 0.3) is 11.1 Å². The normalized spacial score (nSPS) is 10.5. The highest BCUT2D eigenvalue weighted by Gasteiger charge is 2.14. The van der Waals surface area contributed by atoms with Crippen molar-refractivity contribution in [2.45, 2.75) is 13.3 Å². The number of nitrogens with one attached hydrogen (secondary N) is 1. The molecule has 2 aromatic rings. The molecule has 19 heavy (non-hydrogen) atoms. The average molecular weight is 280 g/mol. The molecule has 102 valence electrons. The van der Waals surface area contributed by atoms with E-state index in [1.165, 1.54) is 0 Å². The van der Waals surface area contributed by atoms with Crippen molar-refractivity contribution >= 4 is 17.4 Å². The van der Waals surface area contributed by atoms with Crippen molar-refractivity contribution < 1.29 is 4.74 Å². The first kappa shape index (κ1) is 13.7. The van der Waals surface area contributed by atoms with Gasteiger partial charge in [-0.3, -0.25) is 4.68 Å². The van der Waals surface area contributed by atoms with E-state index < -0.39 is 0 Å². The molecule has 5 heteroatoms. The van der Waals surface area contributed by atoms with Gasteiger partial charge in [-0.15, -0.1) is 0 Å². The maximum absolute atomic E-state index is 6.08. The molecule has 0 aliphatic heterocycles. The van der Waals surface area contributed by atoms with Gasteiger partial charge in [-0.25, -0.2) is 0 Å². The van der Waals surface area contributed by atoms with Crippen molar-refractivity contribution in [3.05, 3.63) is 29.4 Å². The molecule has 0 bridgehead atoms. The third-order valence-corrected chi connectivity index (χ3v) is 3.17. The van der Waals surface area contributed by atoms with Crippen molar-refractivity contribution in [3.63, 3.8) is 0 Å². The van der Waals surface area contributed by atoms with Gasteiger partial charge in [0.15, 0.2) is 0 Å². The van der Waals surface area contributed by atoms with Crippen LogP contribution in [0.1, 0.15) is 13.3 Å². The topological polar surface area (TPSA) is 39.1 Å². The first-order valence-electron chi connectivity index (χ1n) is 6.27. The van der Waals surface area contributed by atoms with Gasteiger partial charge in [0.25, 0.3) is 0 Å². The van der Waals surface area contributed by atoms with Crippen molar-refractivity contribution in [3.8, 4) is 16.9 Å². The van der Waals surface area contributed by atoms with E-state index in [4.69, 9.17) is 16.3 Å². The first-order chi connectivity index (χ1) is 9.17. The predicted octanol–water partition coefficient (Wildman–Crippen LogP) is 3.57. The SMILES string of the molecule is CCCNc1c(-c2cc(Cl)ccc2OC)cnn1C. The van der Waals surface area contributed by atoms with Gasteiger partial charge < -0.3 is 10.1 Å². The Balaban J connectivity index is 2.49. The maximum atomic E-state index is 6.08. The van der Waals surface area contributed by atoms with Gasteiger partial charge >= 0.3 is 0 Å². The zero-order valence-electron chi connectivity index (χ0n) is 11.4. The van der Waals surface area contributed by atoms with Crippen molar-refractivity contribution in [1.29, 1.82) is 0 Å². The Bertz CT molecular complexity index is 566. The number of nitrogens with zero attached hydrogens (tertiary/aromatic N) is 2. The maximum Gasteiger partial charge on any atom is 0.132 e. The fraction of sp³-hybridized carbons (Fsp3) is 0.357. The third-order valence-electron chi connectivity index (χ3n) is 2.93. The zero-order valence-corrected chi connectivity index (χ0v) is 12.2. The van der Waals surface area contributed by atoms with Gasteiger partial charge in [0.2, 0.25) is 0 Å². The Morgan fingerprint density at radius 1 is 1.37 bits per heavy atom. The Labute approximate surface area is 118 Å². The van der Waals surface area contributed by atoms with E-state index in [9.17, 15) is 0 Å². The standard InChI is InChI=1S/C14H18ClN3O/c1-4-7-16-14-12(9-17-18(14)2)11-8-10(15)5-6-13(11)19-3/h5-6,8-9,16H,4,7H2,1-3H3. The molecule has 0 saturated heterocycles. The Hall–Kier alpha value is -1.68. The van der Waals surface area contributed by atoms with E-state index in [-0.39, 0.29) is 0 Å². The van der Waals surface area contributed by atoms with E-state index >= 15 is 0 Å². The summed E-state index contributed by atoms with van der Waals surface area (Å²) in [4.78, 5) is 0. The number of halogens is 1. The molecule has 0 aliphatic rings. The lowest BCUT2D eigenvalue weighted by atomic mass is 10.1. The number of hydrogen-bond acceptors (Lipinski definition) is 3. The summed E-state index contributed by atoms with van der Waals surface area (Å²) in [6.07, 6.45) is 2.88. The predicted molar refractivity (Wildman–Crippen MR) is 79.0 cm³/mol. The second-order valence-corrected chi connectivity index (χ2v) is 4.74. The number of anilines is 1. The fourth-order valence-electron chi connectivity index (χ4n) is 1.98. The van der Waals surface area contributed by atoms with E-state index in [0.717, 1.165) is 35.7 Å². The fourth-order valence-corrected chi connectivity index (χ4v) is 2.15. The van der Waals surface area contributed by atoms with Crippen LogP contribution in [-0.2, 0) is 7.05 Å². The smallest absolute Gasteiger partial charge is 0.132 e. The monoisotopic (exact) mass is 279 g/mol. The molecular weight excluding hydrogens is 262 g/mol. The second-order valence-electron chi connectivity index (χ2n) is 4.30. The lowest BCUT2D eigenvalue weighted by molar-refractivity contribution is 0.416. The van der Waals surface area contributed by atoms with Crippen LogP contribution in [0.3, 0.4) is 0 Å². The molecule has 0 atom stereocenters. The lowest BCUT2D eigenvalue weighted by Gasteiger charge is -2.11. The molecule has 0 saturated carbocycles. The van der Waals surface area contributed by atoms with Crippen LogP contribution in [0.4, 0.5) is 5.82 Å². The van der Waals surface area contributed by atoms with Gasteiger partial charge in [-0.1, -0.05) is 18.5 Å². The van der Waals surface area contributed by atoms with E-state index in [0.29, 0.717) is 5.02 Å². The Morgan fingerprint density at radius 2 is 2.16 bits per heavy atom. The summed E-state index contributed by atoms with van der Waals surface area (Å²) in [6.45, 7) is 3.03. The van der Waals surface area contributed by atoms with Crippen LogP contribution >= 0.6 is 11.6 Å². The minimum absolute atomic E-state index is 0.682. The molecule has 1 heterocycles. The van der Waals surface area contributed by atoms with Crippen LogP contribution < -0.4 is 10.1 Å². The Kier molecular flexibility index (Phi) is 4.32. The molecule has 1 aromatic carbocycles. The van der Waals surface area contributed by atoms with E-state index in [1.54, 1.807) is 7.11 Å². The minimum atomic E-state index is 0.682. The molecule has 0 spiro atoms. The molecule has 2 rings (SSSR count). The summed E-state index contributed by atoms with van der Waals surface area (Å²) in [6, 6.07) is 5.59. The summed E-state index contributed by atoms with van der Waals surface area (Å²) in [7, 11) is 3.57. The zero-order chi connectivity index (χ0) is 13.8. The molecule has 0 unspecified atom stereocenters. The van der Waals surface area contributed by atoms with Crippen LogP contribution in [0.15, 0.2) is 24.4 Å². The molecule has 0 fully saturated rings. The van der Waals surface area contributed by atoms with Crippen molar-refractivity contribution in [2.75, 3.05) is 19.0 Å². The molecule has 0 aliphatic carbocycles. The molecule has 4 nitrogen and oxygen atoms in total. The Morgan fingerprint density at radius 3 is 2.84 bits per heavy atom. The highest BCUT2D eigenvalue weighted by molar-refractivity contribution is 6.31. The summed E-state index contributed by atoms with van der Waals surface area (Å²) < 4.78 is 7.22. The van der Waals surface area contributed by atoms with Gasteiger partial charge in [-0.05, 0) is 24.6 Å². The van der Waals surface area contributed by atoms with Crippen LogP contribution in [-0.4, -0.2) is 23.4 Å². The van der Waals surface area contributed by atoms with Gasteiger partial charge in [0.1, 0.15) is 11.6 Å². The highest BCUT2D eigenvalue weighted by atomic mass is 35.5. The summed E-state index contributed by atoms with van der Waals surface area (Å²) in [5, 5.41) is 8.37. The van der Waals surface area contributed by atoms with E-state index in [2.05, 4.69) is 17.3 Å². The average Bonchev–Trinajstić information content (AvgIpc) is 2.77. The number of rotatable bonds is 5. The van der Waals surface area contributed by atoms with Gasteiger partial charge in [0.05, 0.1) is 13.3 Å². The molecular formula is C14H18ClN3O. The second kappa shape index (κ2) is 5.97. The van der Waals surface area contributed by atoms with Crippen molar-refractivity contribution in [1.82, 2.24) is 9.78 Å². The largest absolute Gasteiger partial charge is 0.496 e. The van der Waals surface area contributed by atoms with Gasteiger partial charge in [-0.2, -0.15) is 5.10 Å². The van der Waals surface area contributed by atoms with E-state index in [1.807, 2.05) is 36.1 Å². The summed E-state index contributed by atoms with van der Waals surface area (Å²) in [5.41, 5.74) is 1.94. The van der Waals surface area contributed by atoms with Crippen LogP contribution in [0.5, 0.6) is 5.75 Å². The number of benzene rings is 1. The number of aryl methyl sites for hydroxylation is 1. The lowest BCUT2D eigenvalue weighted by Crippen LogP contribution is -2.06. The van der Waals surface area contributed by atoms with Crippen LogP contribution in [0, 0.1) is 0 Å². The number of hydrogen-bond donors (Lipinski definition) is 1. The number of methoxy groups -OCH3 is 1. The van der Waals surface area contributed by atoms with Crippen molar-refractivity contribution in [2.24, 2.45) is 7.05 Å². The third kappa shape index (κ3) is 2.84. The molecule has 1 N–H and O–H groups in total. The quantitative estimate of drug-likeness (QED) is 0.909. The highest BCUT2D eigenvalue weighted by Crippen LogP contribution is 2.36. The van der Waals surface area contributed by atoms with Gasteiger partial charge in [0, 0.05) is 29.7 Å². The number of ether oxygens (including phenoxy) is 1. The summed E-state index contributed by atoms with van der Waals surface area (Å²) >= 11 is 6.08. The summed E-state index contributed by atoms with van der Waals surface area (Å²) in [5.74, 6) is 1.76. The minimum Gasteiger partial charge on any atom is -0.496 e. The molecule has 0 radical (unpaired) electrons. The molecule has 0 amide bonds. The first-order valence-corrected chi connectivity index (χ1v) is 6.65. The molecule has 1 aromatic heterocycles. The number of aromatic nitrogens is 2. The van der Waals surface area contributed by atoms with Crippen LogP contribution in [0.2, 0.25) is 5.02 Å².